The van der Waals surface area contributed by atoms with Crippen molar-refractivity contribution in [1.82, 2.24) is 0 Å². The molecule has 4 saturated carbocycles. The first-order valence-electron chi connectivity index (χ1n) is 7.85. The van der Waals surface area contributed by atoms with E-state index < -0.39 is 0 Å². The van der Waals surface area contributed by atoms with Crippen LogP contribution in [0, 0.1) is 36.2 Å². The number of nitrogens with zero attached hydrogens (tertiary/aromatic N) is 1. The molecule has 0 aromatic heterocycles. The van der Waals surface area contributed by atoms with Gasteiger partial charge in [-0.1, -0.05) is 12.1 Å². The summed E-state index contributed by atoms with van der Waals surface area (Å²) >= 11 is 0. The largest absolute Gasteiger partial charge is 0.388 e. The molecular weight excluding hydrogens is 246 g/mol. The topological polar surface area (TPSA) is 33.0 Å². The maximum Gasteiger partial charge on any atom is 0.292 e. The zero-order valence-electron chi connectivity index (χ0n) is 12.1. The Morgan fingerprint density at radius 3 is 2.25 bits per heavy atom. The zero-order valence-corrected chi connectivity index (χ0v) is 12.1. The van der Waals surface area contributed by atoms with Crippen LogP contribution in [0.5, 0.6) is 5.75 Å². The molecule has 0 heterocycles. The molecule has 1 aromatic rings. The molecule has 0 aliphatic heterocycles. The summed E-state index contributed by atoms with van der Waals surface area (Å²) in [7, 11) is 0. The van der Waals surface area contributed by atoms with Crippen molar-refractivity contribution >= 4 is 0 Å². The fourth-order valence-electron chi connectivity index (χ4n) is 5.64. The molecule has 0 N–H and O–H groups in total. The Morgan fingerprint density at radius 2 is 1.70 bits per heavy atom. The van der Waals surface area contributed by atoms with Gasteiger partial charge in [-0.2, -0.15) is 0 Å². The second-order valence-corrected chi connectivity index (χ2v) is 7.39. The molecule has 0 amide bonds. The van der Waals surface area contributed by atoms with E-state index in [9.17, 15) is 0 Å². The molecule has 4 aliphatic rings. The van der Waals surface area contributed by atoms with E-state index in [1.807, 2.05) is 12.3 Å². The molecule has 1 aromatic carbocycles. The van der Waals surface area contributed by atoms with Crippen LogP contribution in [0.1, 0.15) is 49.7 Å². The molecule has 2 nitrogen and oxygen atoms in total. The molecule has 0 spiro atoms. The van der Waals surface area contributed by atoms with Gasteiger partial charge in [-0.3, -0.25) is 0 Å². The Kier molecular flexibility index (Phi) is 2.61. The molecule has 5 rings (SSSR count). The summed E-state index contributed by atoms with van der Waals surface area (Å²) in [6.07, 6.45) is 10.1. The van der Waals surface area contributed by atoms with Crippen LogP contribution in [0.25, 0.3) is 0 Å². The predicted octanol–water partition coefficient (Wildman–Crippen LogP) is 4.32. The monoisotopic (exact) mass is 267 g/mol. The van der Waals surface area contributed by atoms with E-state index in [1.165, 1.54) is 49.7 Å². The molecular formula is C18H21NO. The zero-order chi connectivity index (χ0) is 13.7. The molecule has 0 saturated heterocycles. The lowest BCUT2D eigenvalue weighted by Gasteiger charge is -2.57. The molecule has 2 heteroatoms. The fourth-order valence-corrected chi connectivity index (χ4v) is 5.64. The summed E-state index contributed by atoms with van der Waals surface area (Å²) in [5, 5.41) is 8.94. The lowest BCUT2D eigenvalue weighted by atomic mass is 9.48. The second kappa shape index (κ2) is 4.25. The Balaban J connectivity index is 1.79. The lowest BCUT2D eigenvalue weighted by molar-refractivity contribution is -0.00594. The van der Waals surface area contributed by atoms with E-state index >= 15 is 0 Å². The van der Waals surface area contributed by atoms with Crippen molar-refractivity contribution in [3.8, 4) is 12.0 Å². The summed E-state index contributed by atoms with van der Waals surface area (Å²) in [6, 6.07) is 6.45. The van der Waals surface area contributed by atoms with Crippen LogP contribution in [-0.2, 0) is 5.41 Å². The second-order valence-electron chi connectivity index (χ2n) is 7.39. The van der Waals surface area contributed by atoms with E-state index in [1.54, 1.807) is 0 Å². The lowest BCUT2D eigenvalue weighted by Crippen LogP contribution is -2.48. The van der Waals surface area contributed by atoms with Crippen LogP contribution in [-0.4, -0.2) is 0 Å². The van der Waals surface area contributed by atoms with Crippen molar-refractivity contribution in [3.63, 3.8) is 0 Å². The quantitative estimate of drug-likeness (QED) is 0.747. The van der Waals surface area contributed by atoms with Gasteiger partial charge in [0.05, 0.1) is 0 Å². The highest BCUT2D eigenvalue weighted by atomic mass is 16.5. The maximum atomic E-state index is 8.94. The molecule has 0 unspecified atom stereocenters. The van der Waals surface area contributed by atoms with Crippen molar-refractivity contribution in [2.24, 2.45) is 17.8 Å². The van der Waals surface area contributed by atoms with Crippen molar-refractivity contribution in [1.29, 1.82) is 5.26 Å². The van der Waals surface area contributed by atoms with E-state index in [-0.39, 0.29) is 0 Å². The molecule has 4 aliphatic carbocycles. The SMILES string of the molecule is Cc1ccc(C23CC4CC(CC(C4)C2)C3)c(OC#N)c1. The van der Waals surface area contributed by atoms with Gasteiger partial charge in [-0.05, 0) is 80.2 Å². The number of hydrogen-bond donors (Lipinski definition) is 0. The molecule has 4 bridgehead atoms. The highest BCUT2D eigenvalue weighted by Crippen LogP contribution is 2.61. The highest BCUT2D eigenvalue weighted by molar-refractivity contribution is 5.44. The van der Waals surface area contributed by atoms with E-state index in [0.29, 0.717) is 5.41 Å². The first kappa shape index (κ1) is 12.3. The van der Waals surface area contributed by atoms with Gasteiger partial charge in [0.2, 0.25) is 0 Å². The van der Waals surface area contributed by atoms with E-state index in [0.717, 1.165) is 23.5 Å². The van der Waals surface area contributed by atoms with Gasteiger partial charge in [0, 0.05) is 5.56 Å². The van der Waals surface area contributed by atoms with Gasteiger partial charge in [-0.25, -0.2) is 0 Å². The third kappa shape index (κ3) is 1.76. The van der Waals surface area contributed by atoms with Gasteiger partial charge < -0.3 is 4.74 Å². The van der Waals surface area contributed by atoms with Crippen LogP contribution in [0.4, 0.5) is 0 Å². The molecule has 104 valence electrons. The van der Waals surface area contributed by atoms with E-state index in [4.69, 9.17) is 10.00 Å². The van der Waals surface area contributed by atoms with Crippen LogP contribution < -0.4 is 4.74 Å². The number of ether oxygens (including phenoxy) is 1. The Bertz CT molecular complexity index is 548. The average molecular weight is 267 g/mol. The summed E-state index contributed by atoms with van der Waals surface area (Å²) < 4.78 is 5.31. The molecule has 20 heavy (non-hydrogen) atoms. The smallest absolute Gasteiger partial charge is 0.292 e. The summed E-state index contributed by atoms with van der Waals surface area (Å²) in [5.74, 6) is 3.56. The number of rotatable bonds is 2. The molecule has 4 fully saturated rings. The fraction of sp³-hybridized carbons (Fsp3) is 0.611. The summed E-state index contributed by atoms with van der Waals surface area (Å²) in [6.45, 7) is 2.06. The van der Waals surface area contributed by atoms with Crippen LogP contribution >= 0.6 is 0 Å². The van der Waals surface area contributed by atoms with Gasteiger partial charge in [0.25, 0.3) is 6.26 Å². The highest BCUT2D eigenvalue weighted by Gasteiger charge is 2.52. The summed E-state index contributed by atoms with van der Waals surface area (Å²) in [4.78, 5) is 0. The Morgan fingerprint density at radius 1 is 1.10 bits per heavy atom. The van der Waals surface area contributed by atoms with Crippen molar-refractivity contribution in [2.45, 2.75) is 50.9 Å². The number of aryl methyl sites for hydroxylation is 1. The van der Waals surface area contributed by atoms with Gasteiger partial charge in [0.1, 0.15) is 5.75 Å². The van der Waals surface area contributed by atoms with Crippen molar-refractivity contribution < 1.29 is 4.74 Å². The van der Waals surface area contributed by atoms with Crippen LogP contribution in [0.2, 0.25) is 0 Å². The normalized spacial score (nSPS) is 37.7. The third-order valence-corrected chi connectivity index (χ3v) is 5.90. The van der Waals surface area contributed by atoms with E-state index in [2.05, 4.69) is 19.1 Å². The average Bonchev–Trinajstić information content (AvgIpc) is 2.37. The van der Waals surface area contributed by atoms with Crippen LogP contribution in [0.15, 0.2) is 18.2 Å². The Labute approximate surface area is 120 Å². The molecule has 0 radical (unpaired) electrons. The van der Waals surface area contributed by atoms with Gasteiger partial charge >= 0.3 is 0 Å². The predicted molar refractivity (Wildman–Crippen MR) is 77.3 cm³/mol. The third-order valence-electron chi connectivity index (χ3n) is 5.90. The maximum absolute atomic E-state index is 8.94. The van der Waals surface area contributed by atoms with Gasteiger partial charge in [-0.15, -0.1) is 5.26 Å². The number of benzene rings is 1. The number of nitriles is 1. The van der Waals surface area contributed by atoms with Crippen LogP contribution in [0.3, 0.4) is 0 Å². The van der Waals surface area contributed by atoms with Gasteiger partial charge in [0.15, 0.2) is 0 Å². The first-order valence-corrected chi connectivity index (χ1v) is 7.85. The number of hydrogen-bond acceptors (Lipinski definition) is 2. The summed E-state index contributed by atoms with van der Waals surface area (Å²) in [5.41, 5.74) is 2.78. The van der Waals surface area contributed by atoms with Crippen molar-refractivity contribution in [3.05, 3.63) is 29.3 Å². The molecule has 0 atom stereocenters. The minimum absolute atomic E-state index is 0.300. The minimum atomic E-state index is 0.300. The standard InChI is InChI=1S/C18H21NO/c1-12-2-3-16(17(4-12)20-11-19)18-8-13-5-14(9-18)7-15(6-13)10-18/h2-4,13-15H,5-10H2,1H3. The first-order chi connectivity index (χ1) is 9.68. The minimum Gasteiger partial charge on any atom is -0.388 e. The van der Waals surface area contributed by atoms with Crippen molar-refractivity contribution in [2.75, 3.05) is 0 Å². The Hall–Kier alpha value is -1.49.